The number of pyridine rings is 1. The van der Waals surface area contributed by atoms with E-state index >= 15 is 0 Å². The first kappa shape index (κ1) is 16.4. The fourth-order valence-corrected chi connectivity index (χ4v) is 2.73. The Balaban J connectivity index is 1.64. The van der Waals surface area contributed by atoms with Crippen LogP contribution >= 0.6 is 0 Å². The van der Waals surface area contributed by atoms with Crippen LogP contribution in [0.25, 0.3) is 11.4 Å². The lowest BCUT2D eigenvalue weighted by Gasteiger charge is -2.38. The van der Waals surface area contributed by atoms with Crippen LogP contribution in [0.4, 0.5) is 5.82 Å². The van der Waals surface area contributed by atoms with E-state index in [1.54, 1.807) is 13.1 Å². The lowest BCUT2D eigenvalue weighted by Crippen LogP contribution is -2.51. The van der Waals surface area contributed by atoms with Crippen molar-refractivity contribution >= 4 is 11.7 Å². The van der Waals surface area contributed by atoms with Crippen molar-refractivity contribution in [3.63, 3.8) is 0 Å². The van der Waals surface area contributed by atoms with Gasteiger partial charge >= 0.3 is 0 Å². The van der Waals surface area contributed by atoms with Crippen molar-refractivity contribution in [2.75, 3.05) is 31.1 Å². The predicted octanol–water partition coefficient (Wildman–Crippen LogP) is 2.13. The summed E-state index contributed by atoms with van der Waals surface area (Å²) in [5.74, 6) is 2.20. The van der Waals surface area contributed by atoms with Gasteiger partial charge in [0.05, 0.1) is 0 Å². The highest BCUT2D eigenvalue weighted by atomic mass is 16.5. The number of aromatic nitrogens is 3. The van der Waals surface area contributed by atoms with E-state index in [0.717, 1.165) is 37.6 Å². The van der Waals surface area contributed by atoms with Gasteiger partial charge in [-0.15, -0.1) is 0 Å². The summed E-state index contributed by atoms with van der Waals surface area (Å²) < 4.78 is 4.99. The smallest absolute Gasteiger partial charge is 0.228 e. The molecule has 0 bridgehead atoms. The number of carbonyl (C=O) groups is 1. The molecule has 0 aromatic carbocycles. The van der Waals surface area contributed by atoms with E-state index in [1.807, 2.05) is 37.8 Å². The summed E-state index contributed by atoms with van der Waals surface area (Å²) in [5, 5.41) is 3.90. The molecule has 128 valence electrons. The van der Waals surface area contributed by atoms with E-state index in [-0.39, 0.29) is 11.3 Å². The molecule has 0 N–H and O–H groups in total. The lowest BCUT2D eigenvalue weighted by atomic mass is 9.94. The molecule has 2 aromatic rings. The third-order valence-corrected chi connectivity index (χ3v) is 4.07. The molecule has 7 nitrogen and oxygen atoms in total. The zero-order valence-corrected chi connectivity index (χ0v) is 14.6. The molecule has 1 amide bonds. The maximum absolute atomic E-state index is 12.3. The van der Waals surface area contributed by atoms with Gasteiger partial charge in [-0.2, -0.15) is 4.98 Å². The molecular weight excluding hydrogens is 306 g/mol. The van der Waals surface area contributed by atoms with Gasteiger partial charge in [0.1, 0.15) is 5.82 Å². The summed E-state index contributed by atoms with van der Waals surface area (Å²) in [7, 11) is 0. The zero-order chi connectivity index (χ0) is 17.3. The van der Waals surface area contributed by atoms with E-state index in [2.05, 4.69) is 20.0 Å². The Morgan fingerprint density at radius 3 is 2.38 bits per heavy atom. The van der Waals surface area contributed by atoms with Crippen LogP contribution in [0.5, 0.6) is 0 Å². The summed E-state index contributed by atoms with van der Waals surface area (Å²) in [6, 6.07) is 3.90. The number of nitrogens with zero attached hydrogens (tertiary/aromatic N) is 5. The third-order valence-electron chi connectivity index (χ3n) is 4.07. The Labute approximate surface area is 141 Å². The van der Waals surface area contributed by atoms with Crippen molar-refractivity contribution in [1.82, 2.24) is 20.0 Å². The summed E-state index contributed by atoms with van der Waals surface area (Å²) >= 11 is 0. The second-order valence-electron chi connectivity index (χ2n) is 7.07. The number of hydrogen-bond acceptors (Lipinski definition) is 6. The maximum atomic E-state index is 12.3. The molecule has 24 heavy (non-hydrogen) atoms. The van der Waals surface area contributed by atoms with E-state index in [1.165, 1.54) is 0 Å². The fraction of sp³-hybridized carbons (Fsp3) is 0.529. The number of hydrogen-bond donors (Lipinski definition) is 0. The number of anilines is 1. The van der Waals surface area contributed by atoms with Crippen LogP contribution in [-0.2, 0) is 4.79 Å². The largest absolute Gasteiger partial charge is 0.353 e. The Morgan fingerprint density at radius 2 is 1.88 bits per heavy atom. The minimum absolute atomic E-state index is 0.206. The van der Waals surface area contributed by atoms with Crippen LogP contribution in [0.3, 0.4) is 0 Å². The molecular formula is C17H23N5O2. The molecule has 1 saturated heterocycles. The van der Waals surface area contributed by atoms with Gasteiger partial charge in [-0.3, -0.25) is 4.79 Å². The van der Waals surface area contributed by atoms with Crippen molar-refractivity contribution in [3.05, 3.63) is 24.2 Å². The average molecular weight is 329 g/mol. The van der Waals surface area contributed by atoms with Crippen molar-refractivity contribution < 1.29 is 9.32 Å². The lowest BCUT2D eigenvalue weighted by molar-refractivity contribution is -0.139. The predicted molar refractivity (Wildman–Crippen MR) is 90.5 cm³/mol. The first-order valence-electron chi connectivity index (χ1n) is 8.15. The molecule has 0 saturated carbocycles. The Kier molecular flexibility index (Phi) is 4.26. The van der Waals surface area contributed by atoms with Gasteiger partial charge < -0.3 is 14.3 Å². The van der Waals surface area contributed by atoms with Crippen LogP contribution in [0.15, 0.2) is 22.9 Å². The Hall–Kier alpha value is -2.44. The number of piperazine rings is 1. The van der Waals surface area contributed by atoms with Crippen molar-refractivity contribution in [3.8, 4) is 11.4 Å². The molecule has 3 rings (SSSR count). The van der Waals surface area contributed by atoms with Gasteiger partial charge in [0.25, 0.3) is 0 Å². The molecule has 0 spiro atoms. The Bertz CT molecular complexity index is 709. The highest BCUT2D eigenvalue weighted by molar-refractivity contribution is 5.81. The molecule has 0 atom stereocenters. The number of aryl methyl sites for hydroxylation is 1. The topological polar surface area (TPSA) is 75.4 Å². The number of rotatable bonds is 2. The first-order valence-corrected chi connectivity index (χ1v) is 8.15. The monoisotopic (exact) mass is 329 g/mol. The standard InChI is InChI=1S/C17H23N5O2/c1-12-19-15(20-24-12)13-5-6-14(18-11-13)21-7-9-22(10-8-21)16(23)17(2,3)4/h5-6,11H,7-10H2,1-4H3. The molecule has 0 radical (unpaired) electrons. The second-order valence-corrected chi connectivity index (χ2v) is 7.07. The molecule has 0 unspecified atom stereocenters. The summed E-state index contributed by atoms with van der Waals surface area (Å²) in [5.41, 5.74) is 0.502. The molecule has 1 aliphatic heterocycles. The van der Waals surface area contributed by atoms with Gasteiger partial charge in [0.2, 0.25) is 17.6 Å². The normalized spacial score (nSPS) is 15.7. The van der Waals surface area contributed by atoms with Gasteiger partial charge in [-0.1, -0.05) is 25.9 Å². The molecule has 2 aromatic heterocycles. The van der Waals surface area contributed by atoms with Gasteiger partial charge in [0.15, 0.2) is 0 Å². The van der Waals surface area contributed by atoms with E-state index in [4.69, 9.17) is 4.52 Å². The zero-order valence-electron chi connectivity index (χ0n) is 14.6. The number of carbonyl (C=O) groups excluding carboxylic acids is 1. The van der Waals surface area contributed by atoms with Crippen LogP contribution < -0.4 is 4.90 Å². The van der Waals surface area contributed by atoms with Crippen LogP contribution in [0.2, 0.25) is 0 Å². The molecule has 0 aliphatic carbocycles. The van der Waals surface area contributed by atoms with Crippen molar-refractivity contribution in [2.24, 2.45) is 5.41 Å². The third kappa shape index (κ3) is 3.39. The van der Waals surface area contributed by atoms with Crippen LogP contribution in [0.1, 0.15) is 26.7 Å². The number of amides is 1. The van der Waals surface area contributed by atoms with Crippen LogP contribution in [0, 0.1) is 12.3 Å². The highest BCUT2D eigenvalue weighted by Crippen LogP contribution is 2.22. The van der Waals surface area contributed by atoms with E-state index in [0.29, 0.717) is 11.7 Å². The molecule has 7 heteroatoms. The molecule has 1 aliphatic rings. The van der Waals surface area contributed by atoms with E-state index in [9.17, 15) is 4.79 Å². The summed E-state index contributed by atoms with van der Waals surface area (Å²) in [6.07, 6.45) is 1.76. The minimum Gasteiger partial charge on any atom is -0.353 e. The first-order chi connectivity index (χ1) is 11.3. The quantitative estimate of drug-likeness (QED) is 0.840. The molecule has 3 heterocycles. The maximum Gasteiger partial charge on any atom is 0.228 e. The van der Waals surface area contributed by atoms with Crippen LogP contribution in [-0.4, -0.2) is 52.1 Å². The van der Waals surface area contributed by atoms with Gasteiger partial charge in [-0.05, 0) is 12.1 Å². The Morgan fingerprint density at radius 1 is 1.17 bits per heavy atom. The fourth-order valence-electron chi connectivity index (χ4n) is 2.73. The van der Waals surface area contributed by atoms with Gasteiger partial charge in [0, 0.05) is 50.3 Å². The molecule has 1 fully saturated rings. The SMILES string of the molecule is Cc1nc(-c2ccc(N3CCN(C(=O)C(C)(C)C)CC3)nc2)no1. The van der Waals surface area contributed by atoms with Crippen molar-refractivity contribution in [1.29, 1.82) is 0 Å². The van der Waals surface area contributed by atoms with Crippen molar-refractivity contribution in [2.45, 2.75) is 27.7 Å². The summed E-state index contributed by atoms with van der Waals surface area (Å²) in [4.78, 5) is 25.2. The van der Waals surface area contributed by atoms with Gasteiger partial charge in [-0.25, -0.2) is 4.98 Å². The average Bonchev–Trinajstić information content (AvgIpc) is 3.00. The second kappa shape index (κ2) is 6.22. The summed E-state index contributed by atoms with van der Waals surface area (Å²) in [6.45, 7) is 10.7. The highest BCUT2D eigenvalue weighted by Gasteiger charge is 2.29. The van der Waals surface area contributed by atoms with E-state index < -0.39 is 0 Å². The minimum atomic E-state index is -0.329.